The summed E-state index contributed by atoms with van der Waals surface area (Å²) in [5.41, 5.74) is 5.51. The average Bonchev–Trinajstić information content (AvgIpc) is 2.16. The lowest BCUT2D eigenvalue weighted by molar-refractivity contribution is -0.122. The van der Waals surface area contributed by atoms with Crippen LogP contribution < -0.4 is 11.1 Å². The van der Waals surface area contributed by atoms with Crippen LogP contribution in [0.2, 0.25) is 0 Å². The van der Waals surface area contributed by atoms with Gasteiger partial charge in [-0.1, -0.05) is 6.92 Å². The first-order valence-corrected chi connectivity index (χ1v) is 4.83. The fourth-order valence-electron chi connectivity index (χ4n) is 0.847. The molecular formula is C9H20N2O2. The molecule has 0 saturated heterocycles. The number of ether oxygens (including phenoxy) is 1. The van der Waals surface area contributed by atoms with Crippen molar-refractivity contribution in [2.24, 2.45) is 5.73 Å². The number of nitrogens with two attached hydrogens (primary N) is 1. The van der Waals surface area contributed by atoms with Crippen molar-refractivity contribution < 1.29 is 9.53 Å². The Morgan fingerprint density at radius 3 is 2.77 bits per heavy atom. The number of hydrogen-bond donors (Lipinski definition) is 2. The Labute approximate surface area is 79.8 Å². The summed E-state index contributed by atoms with van der Waals surface area (Å²) in [6, 6.07) is -0.368. The van der Waals surface area contributed by atoms with Crippen molar-refractivity contribution in [1.82, 2.24) is 5.32 Å². The van der Waals surface area contributed by atoms with Gasteiger partial charge in [-0.15, -0.1) is 0 Å². The van der Waals surface area contributed by atoms with Gasteiger partial charge in [-0.3, -0.25) is 4.79 Å². The predicted molar refractivity (Wildman–Crippen MR) is 52.4 cm³/mol. The quantitative estimate of drug-likeness (QED) is 0.563. The Balaban J connectivity index is 3.27. The molecule has 1 amide bonds. The van der Waals surface area contributed by atoms with Crippen molar-refractivity contribution >= 4 is 5.91 Å². The van der Waals surface area contributed by atoms with Crippen LogP contribution in [0.4, 0.5) is 0 Å². The average molecular weight is 188 g/mol. The van der Waals surface area contributed by atoms with E-state index in [1.807, 2.05) is 13.8 Å². The Hall–Kier alpha value is -0.610. The molecule has 78 valence electrons. The van der Waals surface area contributed by atoms with Crippen LogP contribution in [0, 0.1) is 0 Å². The maximum Gasteiger partial charge on any atom is 0.236 e. The van der Waals surface area contributed by atoms with E-state index in [-0.39, 0.29) is 11.9 Å². The van der Waals surface area contributed by atoms with Crippen LogP contribution in [-0.4, -0.2) is 31.7 Å². The van der Waals surface area contributed by atoms with Crippen LogP contribution in [0.1, 0.15) is 26.7 Å². The molecule has 0 fully saturated rings. The highest BCUT2D eigenvalue weighted by Gasteiger charge is 2.08. The molecule has 1 unspecified atom stereocenters. The van der Waals surface area contributed by atoms with E-state index in [0.717, 1.165) is 13.0 Å². The van der Waals surface area contributed by atoms with Gasteiger partial charge in [0.15, 0.2) is 0 Å². The maximum atomic E-state index is 11.1. The molecule has 0 aromatic carbocycles. The highest BCUT2D eigenvalue weighted by Crippen LogP contribution is 1.86. The largest absolute Gasteiger partial charge is 0.382 e. The molecule has 0 heterocycles. The summed E-state index contributed by atoms with van der Waals surface area (Å²) >= 11 is 0. The van der Waals surface area contributed by atoms with Crippen LogP contribution in [0.15, 0.2) is 0 Å². The van der Waals surface area contributed by atoms with Crippen LogP contribution in [-0.2, 0) is 9.53 Å². The second-order valence-corrected chi connectivity index (χ2v) is 2.86. The highest BCUT2D eigenvalue weighted by molar-refractivity contribution is 5.81. The predicted octanol–water partition coefficient (Wildman–Crippen LogP) is 0.267. The zero-order valence-electron chi connectivity index (χ0n) is 8.51. The summed E-state index contributed by atoms with van der Waals surface area (Å²) < 4.78 is 5.12. The third-order valence-electron chi connectivity index (χ3n) is 1.75. The maximum absolute atomic E-state index is 11.1. The standard InChI is InChI=1S/C9H20N2O2/c1-3-8(10)9(12)11-6-5-7-13-4-2/h8H,3-7,10H2,1-2H3,(H,11,12). The lowest BCUT2D eigenvalue weighted by Crippen LogP contribution is -2.40. The molecule has 4 nitrogen and oxygen atoms in total. The topological polar surface area (TPSA) is 64.3 Å². The Bertz CT molecular complexity index is 140. The molecule has 4 heteroatoms. The van der Waals surface area contributed by atoms with Crippen molar-refractivity contribution in [3.8, 4) is 0 Å². The first kappa shape index (κ1) is 12.4. The SMILES string of the molecule is CCOCCCNC(=O)C(N)CC. The Morgan fingerprint density at radius 2 is 2.23 bits per heavy atom. The lowest BCUT2D eigenvalue weighted by atomic mass is 10.2. The highest BCUT2D eigenvalue weighted by atomic mass is 16.5. The van der Waals surface area contributed by atoms with E-state index in [2.05, 4.69) is 5.32 Å². The molecule has 13 heavy (non-hydrogen) atoms. The van der Waals surface area contributed by atoms with E-state index in [1.165, 1.54) is 0 Å². The fourth-order valence-corrected chi connectivity index (χ4v) is 0.847. The van der Waals surface area contributed by atoms with Crippen molar-refractivity contribution in [2.45, 2.75) is 32.7 Å². The molecule has 0 saturated carbocycles. The van der Waals surface area contributed by atoms with Gasteiger partial charge in [-0.05, 0) is 19.8 Å². The number of carbonyl (C=O) groups is 1. The van der Waals surface area contributed by atoms with Gasteiger partial charge in [0.2, 0.25) is 5.91 Å². The minimum atomic E-state index is -0.368. The van der Waals surface area contributed by atoms with Gasteiger partial charge >= 0.3 is 0 Å². The summed E-state index contributed by atoms with van der Waals surface area (Å²) in [5, 5.41) is 2.75. The van der Waals surface area contributed by atoms with Crippen LogP contribution in [0.25, 0.3) is 0 Å². The van der Waals surface area contributed by atoms with E-state index in [4.69, 9.17) is 10.5 Å². The molecule has 0 aromatic heterocycles. The van der Waals surface area contributed by atoms with Gasteiger partial charge in [0, 0.05) is 19.8 Å². The third-order valence-corrected chi connectivity index (χ3v) is 1.75. The van der Waals surface area contributed by atoms with E-state index in [0.29, 0.717) is 19.6 Å². The second kappa shape index (κ2) is 8.01. The Morgan fingerprint density at radius 1 is 1.54 bits per heavy atom. The van der Waals surface area contributed by atoms with E-state index < -0.39 is 0 Å². The second-order valence-electron chi connectivity index (χ2n) is 2.86. The lowest BCUT2D eigenvalue weighted by Gasteiger charge is -2.09. The Kier molecular flexibility index (Phi) is 7.63. The van der Waals surface area contributed by atoms with Gasteiger partial charge < -0.3 is 15.8 Å². The van der Waals surface area contributed by atoms with E-state index in [9.17, 15) is 4.79 Å². The number of carbonyl (C=O) groups excluding carboxylic acids is 1. The molecule has 0 aliphatic rings. The summed E-state index contributed by atoms with van der Waals surface area (Å²) in [6.45, 7) is 5.91. The van der Waals surface area contributed by atoms with E-state index in [1.54, 1.807) is 0 Å². The molecule has 3 N–H and O–H groups in total. The van der Waals surface area contributed by atoms with Crippen molar-refractivity contribution in [1.29, 1.82) is 0 Å². The summed E-state index contributed by atoms with van der Waals surface area (Å²) in [4.78, 5) is 11.1. The van der Waals surface area contributed by atoms with Gasteiger partial charge in [0.05, 0.1) is 6.04 Å². The van der Waals surface area contributed by atoms with Crippen molar-refractivity contribution in [3.63, 3.8) is 0 Å². The third kappa shape index (κ3) is 6.54. The fraction of sp³-hybridized carbons (Fsp3) is 0.889. The van der Waals surface area contributed by atoms with Gasteiger partial charge in [-0.25, -0.2) is 0 Å². The molecule has 0 bridgehead atoms. The van der Waals surface area contributed by atoms with E-state index >= 15 is 0 Å². The van der Waals surface area contributed by atoms with Crippen LogP contribution >= 0.6 is 0 Å². The van der Waals surface area contributed by atoms with Crippen LogP contribution in [0.3, 0.4) is 0 Å². The molecule has 0 aliphatic carbocycles. The summed E-state index contributed by atoms with van der Waals surface area (Å²) in [5.74, 6) is -0.0704. The molecule has 0 rings (SSSR count). The monoisotopic (exact) mass is 188 g/mol. The normalized spacial score (nSPS) is 12.5. The number of hydrogen-bond acceptors (Lipinski definition) is 3. The minimum Gasteiger partial charge on any atom is -0.382 e. The molecule has 0 aliphatic heterocycles. The van der Waals surface area contributed by atoms with Crippen LogP contribution in [0.5, 0.6) is 0 Å². The number of amides is 1. The van der Waals surface area contributed by atoms with Gasteiger partial charge in [0.25, 0.3) is 0 Å². The van der Waals surface area contributed by atoms with Crippen molar-refractivity contribution in [2.75, 3.05) is 19.8 Å². The zero-order valence-corrected chi connectivity index (χ0v) is 8.51. The van der Waals surface area contributed by atoms with Crippen molar-refractivity contribution in [3.05, 3.63) is 0 Å². The zero-order chi connectivity index (χ0) is 10.1. The molecule has 0 spiro atoms. The molecular weight excluding hydrogens is 168 g/mol. The first-order valence-electron chi connectivity index (χ1n) is 4.83. The molecule has 0 radical (unpaired) electrons. The molecule has 0 aromatic rings. The number of nitrogens with one attached hydrogen (secondary N) is 1. The summed E-state index contributed by atoms with van der Waals surface area (Å²) in [6.07, 6.45) is 1.52. The molecule has 1 atom stereocenters. The first-order chi connectivity index (χ1) is 6.22. The van der Waals surface area contributed by atoms with Gasteiger partial charge in [-0.2, -0.15) is 0 Å². The van der Waals surface area contributed by atoms with Gasteiger partial charge in [0.1, 0.15) is 0 Å². The number of rotatable bonds is 7. The summed E-state index contributed by atoms with van der Waals surface area (Å²) in [7, 11) is 0. The minimum absolute atomic E-state index is 0.0704. The smallest absolute Gasteiger partial charge is 0.236 e.